The van der Waals surface area contributed by atoms with E-state index in [1.54, 1.807) is 6.07 Å². The lowest BCUT2D eigenvalue weighted by Crippen LogP contribution is -1.97. The van der Waals surface area contributed by atoms with Gasteiger partial charge in [-0.1, -0.05) is 29.3 Å². The number of aliphatic hydroxyl groups excluding tert-OH is 1. The highest BCUT2D eigenvalue weighted by Crippen LogP contribution is 2.37. The zero-order valence-corrected chi connectivity index (χ0v) is 14.3. The van der Waals surface area contributed by atoms with Crippen LogP contribution in [0.2, 0.25) is 9.36 Å². The number of benzene rings is 1. The van der Waals surface area contributed by atoms with Gasteiger partial charge >= 0.3 is 0 Å². The Morgan fingerprint density at radius 1 is 1.29 bits per heavy atom. The summed E-state index contributed by atoms with van der Waals surface area (Å²) in [6, 6.07) is 7.34. The molecule has 1 heterocycles. The van der Waals surface area contributed by atoms with Crippen molar-refractivity contribution in [2.45, 2.75) is 6.10 Å². The summed E-state index contributed by atoms with van der Waals surface area (Å²) < 4.78 is 2.40. The maximum Gasteiger partial charge on any atom is 0.113 e. The molecule has 1 nitrogen and oxygen atoms in total. The molecule has 0 saturated heterocycles. The Morgan fingerprint density at radius 2 is 2.00 bits per heavy atom. The van der Waals surface area contributed by atoms with Crippen molar-refractivity contribution in [3.8, 4) is 0 Å². The molecule has 2 rings (SSSR count). The molecule has 1 aromatic carbocycles. The van der Waals surface area contributed by atoms with Gasteiger partial charge in [-0.2, -0.15) is 0 Å². The van der Waals surface area contributed by atoms with E-state index in [1.165, 1.54) is 11.3 Å². The van der Waals surface area contributed by atoms with Crippen LogP contribution < -0.4 is 0 Å². The standard InChI is InChI=1S/C11H6BrCl2IOS/c12-6-4-9(17-11(6)14)10(16)5-1-2-8(15)7(13)3-5/h1-4,10,16H. The van der Waals surface area contributed by atoms with E-state index in [0.717, 1.165) is 18.5 Å². The zero-order chi connectivity index (χ0) is 12.6. The minimum Gasteiger partial charge on any atom is -0.383 e. The second kappa shape index (κ2) is 5.75. The minimum atomic E-state index is -0.696. The average molecular weight is 464 g/mol. The molecule has 1 aromatic heterocycles. The largest absolute Gasteiger partial charge is 0.383 e. The molecule has 2 aromatic rings. The SMILES string of the molecule is OC(c1ccc(I)c(Cl)c1)c1cc(Br)c(Cl)s1. The van der Waals surface area contributed by atoms with Gasteiger partial charge in [-0.15, -0.1) is 11.3 Å². The van der Waals surface area contributed by atoms with E-state index in [4.69, 9.17) is 23.2 Å². The Balaban J connectivity index is 2.36. The Hall–Kier alpha value is 0.670. The molecule has 1 atom stereocenters. The predicted molar refractivity (Wildman–Crippen MR) is 85.3 cm³/mol. The van der Waals surface area contributed by atoms with Crippen molar-refractivity contribution in [3.05, 3.63) is 52.1 Å². The van der Waals surface area contributed by atoms with E-state index in [0.29, 0.717) is 9.36 Å². The summed E-state index contributed by atoms with van der Waals surface area (Å²) in [5.41, 5.74) is 0.765. The first-order chi connectivity index (χ1) is 7.99. The van der Waals surface area contributed by atoms with Crippen LogP contribution in [0.3, 0.4) is 0 Å². The second-order valence-corrected chi connectivity index (χ2v) is 7.46. The summed E-state index contributed by atoms with van der Waals surface area (Å²) in [5, 5.41) is 10.9. The Bertz CT molecular complexity index is 539. The van der Waals surface area contributed by atoms with E-state index >= 15 is 0 Å². The van der Waals surface area contributed by atoms with E-state index in [1.807, 2.05) is 18.2 Å². The van der Waals surface area contributed by atoms with Crippen LogP contribution in [-0.2, 0) is 0 Å². The lowest BCUT2D eigenvalue weighted by molar-refractivity contribution is 0.224. The van der Waals surface area contributed by atoms with E-state index in [9.17, 15) is 5.11 Å². The Labute approximate surface area is 135 Å². The molecule has 0 aliphatic heterocycles. The van der Waals surface area contributed by atoms with Gasteiger partial charge in [0, 0.05) is 12.9 Å². The highest BCUT2D eigenvalue weighted by molar-refractivity contribution is 14.1. The van der Waals surface area contributed by atoms with Crippen LogP contribution in [-0.4, -0.2) is 5.11 Å². The molecule has 0 saturated carbocycles. The maximum atomic E-state index is 10.2. The Morgan fingerprint density at radius 3 is 2.53 bits per heavy atom. The van der Waals surface area contributed by atoms with Crippen LogP contribution in [0.5, 0.6) is 0 Å². The van der Waals surface area contributed by atoms with E-state index in [2.05, 4.69) is 38.5 Å². The second-order valence-electron chi connectivity index (χ2n) is 3.35. The fourth-order valence-electron chi connectivity index (χ4n) is 1.34. The highest BCUT2D eigenvalue weighted by atomic mass is 127. The smallest absolute Gasteiger partial charge is 0.113 e. The highest BCUT2D eigenvalue weighted by Gasteiger charge is 2.16. The topological polar surface area (TPSA) is 20.2 Å². The molecule has 0 spiro atoms. The van der Waals surface area contributed by atoms with E-state index in [-0.39, 0.29) is 0 Å². The lowest BCUT2D eigenvalue weighted by Gasteiger charge is -2.09. The monoisotopic (exact) mass is 462 g/mol. The number of halogens is 4. The zero-order valence-electron chi connectivity index (χ0n) is 8.25. The fourth-order valence-corrected chi connectivity index (χ4v) is 3.62. The molecule has 6 heteroatoms. The van der Waals surface area contributed by atoms with Crippen molar-refractivity contribution >= 4 is 73.1 Å². The molecule has 0 bridgehead atoms. The first kappa shape index (κ1) is 14.1. The van der Waals surface area contributed by atoms with Gasteiger partial charge in [-0.05, 0) is 62.3 Å². The summed E-state index contributed by atoms with van der Waals surface area (Å²) in [5.74, 6) is 0. The molecular formula is C11H6BrCl2IOS. The van der Waals surface area contributed by atoms with Crippen molar-refractivity contribution in [3.63, 3.8) is 0 Å². The number of thiophene rings is 1. The molecule has 1 unspecified atom stereocenters. The molecule has 0 radical (unpaired) electrons. The quantitative estimate of drug-likeness (QED) is 0.583. The summed E-state index contributed by atoms with van der Waals surface area (Å²) in [6.07, 6.45) is -0.696. The van der Waals surface area contributed by atoms with Crippen molar-refractivity contribution in [1.29, 1.82) is 0 Å². The van der Waals surface area contributed by atoms with Crippen LogP contribution in [0.15, 0.2) is 28.7 Å². The van der Waals surface area contributed by atoms with Crippen LogP contribution in [0.25, 0.3) is 0 Å². The number of hydrogen-bond acceptors (Lipinski definition) is 2. The van der Waals surface area contributed by atoms with Gasteiger partial charge in [-0.25, -0.2) is 0 Å². The molecule has 0 amide bonds. The Kier molecular flexibility index (Phi) is 4.77. The molecule has 0 aliphatic carbocycles. The molecule has 1 N–H and O–H groups in total. The van der Waals surface area contributed by atoms with Gasteiger partial charge < -0.3 is 5.11 Å². The summed E-state index contributed by atoms with van der Waals surface area (Å²) in [7, 11) is 0. The van der Waals surface area contributed by atoms with Crippen molar-refractivity contribution in [2.75, 3.05) is 0 Å². The summed E-state index contributed by atoms with van der Waals surface area (Å²) in [4.78, 5) is 0.791. The normalized spacial score (nSPS) is 12.8. The van der Waals surface area contributed by atoms with Crippen LogP contribution in [0.4, 0.5) is 0 Å². The van der Waals surface area contributed by atoms with Gasteiger partial charge in [0.1, 0.15) is 10.4 Å². The lowest BCUT2D eigenvalue weighted by atomic mass is 10.1. The van der Waals surface area contributed by atoms with Crippen molar-refractivity contribution in [1.82, 2.24) is 0 Å². The third kappa shape index (κ3) is 3.16. The van der Waals surface area contributed by atoms with Gasteiger partial charge in [0.2, 0.25) is 0 Å². The third-order valence-corrected chi connectivity index (χ3v) is 6.29. The molecule has 0 aliphatic rings. The fraction of sp³-hybridized carbons (Fsp3) is 0.0909. The van der Waals surface area contributed by atoms with Gasteiger partial charge in [0.25, 0.3) is 0 Å². The number of aliphatic hydroxyl groups is 1. The first-order valence-electron chi connectivity index (χ1n) is 4.57. The minimum absolute atomic E-state index is 0.635. The molecule has 17 heavy (non-hydrogen) atoms. The summed E-state index contributed by atoms with van der Waals surface area (Å²) in [6.45, 7) is 0. The number of hydrogen-bond donors (Lipinski definition) is 1. The van der Waals surface area contributed by atoms with Crippen LogP contribution in [0, 0.1) is 3.57 Å². The third-order valence-electron chi connectivity index (χ3n) is 2.19. The number of rotatable bonds is 2. The van der Waals surface area contributed by atoms with Gasteiger partial charge in [-0.3, -0.25) is 0 Å². The predicted octanol–water partition coefficient (Wildman–Crippen LogP) is 5.50. The maximum absolute atomic E-state index is 10.2. The first-order valence-corrected chi connectivity index (χ1v) is 8.01. The molecular weight excluding hydrogens is 458 g/mol. The van der Waals surface area contributed by atoms with Crippen LogP contribution in [0.1, 0.15) is 16.5 Å². The summed E-state index contributed by atoms with van der Waals surface area (Å²) >= 11 is 18.8. The van der Waals surface area contributed by atoms with Gasteiger partial charge in [0.15, 0.2) is 0 Å². The van der Waals surface area contributed by atoms with E-state index < -0.39 is 6.10 Å². The van der Waals surface area contributed by atoms with Gasteiger partial charge in [0.05, 0.1) is 5.02 Å². The molecule has 90 valence electrons. The van der Waals surface area contributed by atoms with Crippen LogP contribution >= 0.6 is 73.1 Å². The van der Waals surface area contributed by atoms with Crippen molar-refractivity contribution in [2.24, 2.45) is 0 Å². The molecule has 0 fully saturated rings. The average Bonchev–Trinajstić information content (AvgIpc) is 2.62. The van der Waals surface area contributed by atoms with Crippen molar-refractivity contribution < 1.29 is 5.11 Å².